The zero-order valence-electron chi connectivity index (χ0n) is 51.6. The van der Waals surface area contributed by atoms with Crippen LogP contribution < -0.4 is 14.5 Å². The smallest absolute Gasteiger partial charge is 0.421 e. The van der Waals surface area contributed by atoms with Crippen molar-refractivity contribution in [2.45, 2.75) is 116 Å². The van der Waals surface area contributed by atoms with Crippen LogP contribution in [0, 0.1) is 35.3 Å². The quantitative estimate of drug-likeness (QED) is 0.0324. The second-order valence-corrected chi connectivity index (χ2v) is 22.5. The number of ether oxygens (including phenoxy) is 6. The first-order chi connectivity index (χ1) is 43.7. The number of phenolic OH excluding ortho intramolecular Hbond substituents is 1. The maximum Gasteiger partial charge on any atom is 0.421 e. The second-order valence-electron chi connectivity index (χ2n) is 22.1. The predicted octanol–water partition coefficient (Wildman–Crippen LogP) is 11.1. The molecule has 0 unspecified atom stereocenters. The number of hydrogen-bond acceptors (Lipinski definition) is 17. The SMILES string of the molecule is COCC(COC)N(C(=O)C1CCC(C)CC1)c1cc(F)c(O)cc1C(=O)OC.COCC(COC)N(C(=O)C1CCC(C)CC1)c1cc(F)c(Oc2ncc(CCn3nccn3)cc2C(F)(F)F)cc1C(=O)O.FC(F)(F)c1cc(CCn2nccn2)cnc1Cl. The number of anilines is 2. The molecule has 2 saturated carbocycles. The number of carboxylic acids is 1. The Hall–Kier alpha value is -7.93. The van der Waals surface area contributed by atoms with Gasteiger partial charge in [-0.2, -0.15) is 56.3 Å². The van der Waals surface area contributed by atoms with Crippen molar-refractivity contribution in [2.24, 2.45) is 23.7 Å². The van der Waals surface area contributed by atoms with E-state index < -0.39 is 99.1 Å². The zero-order valence-corrected chi connectivity index (χ0v) is 52.3. The summed E-state index contributed by atoms with van der Waals surface area (Å²) in [5.74, 6) is -7.27. The maximum atomic E-state index is 15.7. The van der Waals surface area contributed by atoms with E-state index in [0.717, 1.165) is 81.1 Å². The number of methoxy groups -OCH3 is 5. The second kappa shape index (κ2) is 34.1. The lowest BCUT2D eigenvalue weighted by atomic mass is 9.82. The summed E-state index contributed by atoms with van der Waals surface area (Å²) in [5.41, 5.74) is -2.48. The minimum atomic E-state index is -4.93. The molecule has 2 fully saturated rings. The summed E-state index contributed by atoms with van der Waals surface area (Å²) in [6, 6.07) is 3.93. The fraction of sp³-hybridized carbons (Fsp3) is 0.508. The molecule has 2 aliphatic rings. The first kappa shape index (κ1) is 73.1. The Bertz CT molecular complexity index is 3360. The van der Waals surface area contributed by atoms with Crippen LogP contribution in [-0.2, 0) is 71.6 Å². The van der Waals surface area contributed by atoms with E-state index in [1.54, 1.807) is 0 Å². The lowest BCUT2D eigenvalue weighted by molar-refractivity contribution is -0.139. The molecular weight excluding hydrogens is 1250 g/mol. The van der Waals surface area contributed by atoms with Crippen LogP contribution in [0.5, 0.6) is 17.4 Å². The van der Waals surface area contributed by atoms with Gasteiger partial charge in [0, 0.05) is 70.9 Å². The van der Waals surface area contributed by atoms with E-state index in [1.165, 1.54) is 85.9 Å². The molecule has 22 nitrogen and oxygen atoms in total. The number of halogens is 9. The average Bonchev–Trinajstić information content (AvgIpc) is 0.866. The van der Waals surface area contributed by atoms with Crippen LogP contribution in [0.15, 0.2) is 73.6 Å². The highest BCUT2D eigenvalue weighted by atomic mass is 35.5. The summed E-state index contributed by atoms with van der Waals surface area (Å²) in [7, 11) is 6.96. The number of amides is 2. The summed E-state index contributed by atoms with van der Waals surface area (Å²) in [6.07, 6.45) is 5.39. The van der Waals surface area contributed by atoms with Gasteiger partial charge in [-0.1, -0.05) is 25.4 Å². The Morgan fingerprint density at radius 3 is 1.42 bits per heavy atom. The third kappa shape index (κ3) is 20.0. The Kier molecular flexibility index (Phi) is 27.1. The number of benzene rings is 2. The zero-order chi connectivity index (χ0) is 67.5. The van der Waals surface area contributed by atoms with Gasteiger partial charge in [-0.25, -0.2) is 28.3 Å². The third-order valence-electron chi connectivity index (χ3n) is 15.4. The molecule has 0 saturated heterocycles. The Morgan fingerprint density at radius 2 is 1.01 bits per heavy atom. The number of esters is 1. The molecule has 2 aromatic carbocycles. The first-order valence-electron chi connectivity index (χ1n) is 29.2. The van der Waals surface area contributed by atoms with Crippen molar-refractivity contribution in [1.29, 1.82) is 0 Å². The highest BCUT2D eigenvalue weighted by Gasteiger charge is 2.40. The number of aryl methyl sites for hydroxylation is 4. The highest BCUT2D eigenvalue weighted by Crippen LogP contribution is 2.42. The van der Waals surface area contributed by atoms with E-state index in [-0.39, 0.29) is 73.7 Å². The van der Waals surface area contributed by atoms with Crippen LogP contribution in [0.3, 0.4) is 0 Å². The Balaban J connectivity index is 0.000000243. The van der Waals surface area contributed by atoms with E-state index in [4.69, 9.17) is 40.0 Å². The molecule has 0 spiro atoms. The first-order valence-corrected chi connectivity index (χ1v) is 29.5. The van der Waals surface area contributed by atoms with Crippen molar-refractivity contribution in [3.05, 3.63) is 124 Å². The fourth-order valence-electron chi connectivity index (χ4n) is 10.6. The number of pyridine rings is 2. The van der Waals surface area contributed by atoms with Crippen molar-refractivity contribution in [2.75, 3.05) is 71.8 Å². The molecule has 4 heterocycles. The van der Waals surface area contributed by atoms with Gasteiger partial charge in [0.05, 0.1) is 112 Å². The number of carbonyl (C=O) groups excluding carboxylic acids is 3. The van der Waals surface area contributed by atoms with Gasteiger partial charge in [0.1, 0.15) is 10.7 Å². The number of carbonyl (C=O) groups is 4. The van der Waals surface area contributed by atoms with E-state index >= 15 is 4.39 Å². The van der Waals surface area contributed by atoms with E-state index in [9.17, 15) is 60.1 Å². The van der Waals surface area contributed by atoms with Crippen LogP contribution in [0.4, 0.5) is 46.5 Å². The lowest BCUT2D eigenvalue weighted by Gasteiger charge is -2.36. The number of carboxylic acid groups (broad SMARTS) is 1. The van der Waals surface area contributed by atoms with Gasteiger partial charge < -0.3 is 48.4 Å². The lowest BCUT2D eigenvalue weighted by Crippen LogP contribution is -2.49. The number of aromatic hydroxyl groups is 1. The molecule has 2 N–H and O–H groups in total. The summed E-state index contributed by atoms with van der Waals surface area (Å²) in [6.45, 7) is 4.96. The van der Waals surface area contributed by atoms with Crippen LogP contribution in [0.25, 0.3) is 0 Å². The number of aromatic carboxylic acids is 1. The number of aromatic nitrogens is 8. The fourth-order valence-corrected chi connectivity index (χ4v) is 10.8. The van der Waals surface area contributed by atoms with Crippen molar-refractivity contribution in [3.8, 4) is 17.4 Å². The number of nitrogens with zero attached hydrogens (tertiary/aromatic N) is 10. The molecule has 31 heteroatoms. The van der Waals surface area contributed by atoms with Gasteiger partial charge in [0.2, 0.25) is 17.7 Å². The molecule has 4 aromatic heterocycles. The highest BCUT2D eigenvalue weighted by molar-refractivity contribution is 6.30. The topological polar surface area (TPSA) is 258 Å². The van der Waals surface area contributed by atoms with Gasteiger partial charge >= 0.3 is 24.3 Å². The molecule has 8 rings (SSSR count). The molecule has 6 aromatic rings. The Morgan fingerprint density at radius 1 is 0.598 bits per heavy atom. The molecular formula is C61H73ClF8N10O12. The average molecular weight is 1330 g/mol. The number of rotatable bonds is 24. The van der Waals surface area contributed by atoms with Gasteiger partial charge in [-0.3, -0.25) is 9.59 Å². The van der Waals surface area contributed by atoms with Crippen LogP contribution >= 0.6 is 11.6 Å². The molecule has 0 aliphatic heterocycles. The van der Waals surface area contributed by atoms with Gasteiger partial charge in [-0.15, -0.1) is 0 Å². The van der Waals surface area contributed by atoms with E-state index in [2.05, 4.69) is 44.2 Å². The monoisotopic (exact) mass is 1320 g/mol. The normalized spacial score (nSPS) is 16.7. The molecule has 0 atom stereocenters. The van der Waals surface area contributed by atoms with Gasteiger partial charge in [0.25, 0.3) is 0 Å². The minimum absolute atomic E-state index is 0.0369. The molecule has 0 bridgehead atoms. The van der Waals surface area contributed by atoms with E-state index in [0.29, 0.717) is 43.2 Å². The molecule has 0 radical (unpaired) electrons. The molecule has 2 amide bonds. The van der Waals surface area contributed by atoms with Crippen molar-refractivity contribution < 1.29 is 92.9 Å². The minimum Gasteiger partial charge on any atom is -0.505 e. The molecule has 2 aliphatic carbocycles. The number of alkyl halides is 6. The third-order valence-corrected chi connectivity index (χ3v) is 15.7. The van der Waals surface area contributed by atoms with E-state index in [1.807, 2.05) is 0 Å². The largest absolute Gasteiger partial charge is 0.505 e. The predicted molar refractivity (Wildman–Crippen MR) is 316 cm³/mol. The number of phenols is 1. The summed E-state index contributed by atoms with van der Waals surface area (Å²) in [4.78, 5) is 64.8. The van der Waals surface area contributed by atoms with Crippen molar-refractivity contribution in [3.63, 3.8) is 0 Å². The van der Waals surface area contributed by atoms with Gasteiger partial charge in [0.15, 0.2) is 23.1 Å². The molecule has 92 heavy (non-hydrogen) atoms. The maximum absolute atomic E-state index is 15.7. The summed E-state index contributed by atoms with van der Waals surface area (Å²) in [5, 5.41) is 34.9. The van der Waals surface area contributed by atoms with Crippen LogP contribution in [0.2, 0.25) is 5.15 Å². The Labute approximate surface area is 530 Å². The standard InChI is InChI=1S/C30H35F4N5O6.C21H30FNO6.C10H8ClF3N4/c1-18-4-6-20(7-5-18)28(40)39(21(16-43-2)17-44-3)25-14-24(31)26(13-22(25)29(41)42)45-27-23(30(32,33)34)12-19(15-35-27)8-11-38-36-9-10-37-38;1-13-5-7-14(8-6-13)20(25)23(15(11-27-2)12-28-3)18-10-17(22)19(24)9-16(18)21(26)29-4;11-9-8(10(12,13)14)5-7(6-15-9)1-4-18-16-2-3-17-18/h9-10,12-15,18,20-21H,4-8,11,16-17H2,1-3H3,(H,41,42);9-10,13-15,24H,5-8,11-12H2,1-4H3;2-3,5-6H,1,4H2. The number of hydrogen-bond donors (Lipinski definition) is 2. The summed E-state index contributed by atoms with van der Waals surface area (Å²) < 4.78 is 141. The van der Waals surface area contributed by atoms with Crippen LogP contribution in [0.1, 0.15) is 108 Å². The van der Waals surface area contributed by atoms with Crippen molar-refractivity contribution >= 4 is 46.7 Å². The van der Waals surface area contributed by atoms with Crippen LogP contribution in [-0.4, -0.2) is 148 Å². The molecule has 502 valence electrons. The van der Waals surface area contributed by atoms with Crippen molar-refractivity contribution in [1.82, 2.24) is 40.0 Å². The van der Waals surface area contributed by atoms with Gasteiger partial charge in [-0.05, 0) is 105 Å². The summed E-state index contributed by atoms with van der Waals surface area (Å²) >= 11 is 5.42.